The average molecular weight is 426 g/mol. The zero-order valence-electron chi connectivity index (χ0n) is 17.6. The summed E-state index contributed by atoms with van der Waals surface area (Å²) in [5.74, 6) is 3.05. The molecule has 1 aliphatic carbocycles. The maximum Gasteiger partial charge on any atom is 0.264 e. The molecule has 0 atom stereocenters. The van der Waals surface area contributed by atoms with Gasteiger partial charge in [0.05, 0.1) is 10.3 Å². The molecule has 3 aromatic heterocycles. The zero-order chi connectivity index (χ0) is 21.0. The van der Waals surface area contributed by atoms with Crippen LogP contribution < -0.4 is 5.73 Å². The number of fused-ring (bicyclic) bond motifs is 1. The quantitative estimate of drug-likeness (QED) is 0.683. The van der Waals surface area contributed by atoms with Crippen LogP contribution >= 0.6 is 11.3 Å². The monoisotopic (exact) mass is 425 g/mol. The number of hydrogen-bond acceptors (Lipinski definition) is 7. The van der Waals surface area contributed by atoms with Crippen molar-refractivity contribution >= 4 is 33.3 Å². The number of piperazine rings is 1. The lowest BCUT2D eigenvalue weighted by molar-refractivity contribution is 0.0455. The molecule has 0 unspecified atom stereocenters. The Bertz CT molecular complexity index is 1100. The maximum absolute atomic E-state index is 13.1. The van der Waals surface area contributed by atoms with Gasteiger partial charge >= 0.3 is 0 Å². The van der Waals surface area contributed by atoms with Crippen LogP contribution in [0.1, 0.15) is 55.0 Å². The molecule has 0 spiro atoms. The number of hydrogen-bond donors (Lipinski definition) is 1. The van der Waals surface area contributed by atoms with E-state index in [0.29, 0.717) is 28.2 Å². The zero-order valence-corrected chi connectivity index (χ0v) is 18.5. The summed E-state index contributed by atoms with van der Waals surface area (Å²) in [6.07, 6.45) is 2.35. The smallest absolute Gasteiger partial charge is 0.264 e. The van der Waals surface area contributed by atoms with Crippen LogP contribution in [0.3, 0.4) is 0 Å². The molecule has 158 valence electrons. The molecule has 2 N–H and O–H groups in total. The largest absolute Gasteiger partial charge is 0.457 e. The third-order valence-corrected chi connectivity index (χ3v) is 6.99. The average Bonchev–Trinajstić information content (AvgIpc) is 3.27. The van der Waals surface area contributed by atoms with Crippen LogP contribution in [-0.2, 0) is 0 Å². The number of furan rings is 1. The molecule has 3 aromatic rings. The van der Waals surface area contributed by atoms with Crippen molar-refractivity contribution in [3.8, 4) is 11.6 Å². The predicted octanol–water partition coefficient (Wildman–Crippen LogP) is 3.97. The van der Waals surface area contributed by atoms with Crippen molar-refractivity contribution in [3.63, 3.8) is 0 Å². The molecule has 2 aliphatic rings. The Balaban J connectivity index is 1.38. The highest BCUT2D eigenvalue weighted by atomic mass is 32.1. The van der Waals surface area contributed by atoms with Gasteiger partial charge in [0.15, 0.2) is 11.6 Å². The minimum absolute atomic E-state index is 0.0431. The summed E-state index contributed by atoms with van der Waals surface area (Å²) in [6.45, 7) is 9.86. The number of nitrogens with two attached hydrogens (primary N) is 1. The summed E-state index contributed by atoms with van der Waals surface area (Å²) >= 11 is 1.38. The number of thiophene rings is 1. The second-order valence-electron chi connectivity index (χ2n) is 9.19. The van der Waals surface area contributed by atoms with Gasteiger partial charge in [0.1, 0.15) is 16.4 Å². The first-order chi connectivity index (χ1) is 14.3. The van der Waals surface area contributed by atoms with Crippen LogP contribution in [0.5, 0.6) is 0 Å². The molecule has 0 radical (unpaired) electrons. The van der Waals surface area contributed by atoms with Crippen LogP contribution in [0.4, 0.5) is 5.82 Å². The van der Waals surface area contributed by atoms with Gasteiger partial charge in [-0.15, -0.1) is 11.3 Å². The number of aromatic nitrogens is 2. The molecule has 1 saturated carbocycles. The molecular formula is C22H27N5O2S. The number of nitrogens with zero attached hydrogens (tertiary/aromatic N) is 4. The van der Waals surface area contributed by atoms with E-state index in [4.69, 9.17) is 10.2 Å². The number of nitrogen functional groups attached to an aromatic ring is 1. The number of anilines is 1. The van der Waals surface area contributed by atoms with E-state index in [9.17, 15) is 4.79 Å². The summed E-state index contributed by atoms with van der Waals surface area (Å²) in [5.41, 5.74) is 6.34. The normalized spacial score (nSPS) is 18.3. The Kier molecular flexibility index (Phi) is 4.59. The van der Waals surface area contributed by atoms with E-state index in [-0.39, 0.29) is 11.4 Å². The van der Waals surface area contributed by atoms with Gasteiger partial charge in [0, 0.05) is 37.6 Å². The highest BCUT2D eigenvalue weighted by Crippen LogP contribution is 2.42. The van der Waals surface area contributed by atoms with Gasteiger partial charge in [-0.3, -0.25) is 9.69 Å². The fourth-order valence-electron chi connectivity index (χ4n) is 3.96. The first kappa shape index (κ1) is 19.5. The van der Waals surface area contributed by atoms with Gasteiger partial charge < -0.3 is 15.1 Å². The topological polar surface area (TPSA) is 88.5 Å². The molecule has 0 aromatic carbocycles. The molecule has 1 aliphatic heterocycles. The predicted molar refractivity (Wildman–Crippen MR) is 119 cm³/mol. The van der Waals surface area contributed by atoms with E-state index in [1.54, 1.807) is 0 Å². The first-order valence-electron chi connectivity index (χ1n) is 10.5. The molecule has 1 amide bonds. The van der Waals surface area contributed by atoms with Gasteiger partial charge in [-0.05, 0) is 51.8 Å². The van der Waals surface area contributed by atoms with Crippen LogP contribution in [0.2, 0.25) is 0 Å². The van der Waals surface area contributed by atoms with Crippen LogP contribution in [0.15, 0.2) is 22.6 Å². The molecule has 5 rings (SSSR count). The van der Waals surface area contributed by atoms with Crippen molar-refractivity contribution in [1.82, 2.24) is 19.8 Å². The van der Waals surface area contributed by atoms with Crippen molar-refractivity contribution in [3.05, 3.63) is 28.8 Å². The van der Waals surface area contributed by atoms with Crippen LogP contribution in [-0.4, -0.2) is 57.4 Å². The van der Waals surface area contributed by atoms with Gasteiger partial charge in [-0.1, -0.05) is 0 Å². The van der Waals surface area contributed by atoms with Crippen LogP contribution in [0.25, 0.3) is 21.8 Å². The van der Waals surface area contributed by atoms with Crippen molar-refractivity contribution < 1.29 is 9.21 Å². The van der Waals surface area contributed by atoms with E-state index in [1.165, 1.54) is 24.2 Å². The van der Waals surface area contributed by atoms with Gasteiger partial charge in [-0.2, -0.15) is 0 Å². The van der Waals surface area contributed by atoms with Gasteiger partial charge in [-0.25, -0.2) is 9.97 Å². The van der Waals surface area contributed by atoms with E-state index >= 15 is 0 Å². The molecule has 1 saturated heterocycles. The second-order valence-corrected chi connectivity index (χ2v) is 10.2. The lowest BCUT2D eigenvalue weighted by atomic mass is 10.0. The first-order valence-corrected chi connectivity index (χ1v) is 11.3. The Morgan fingerprint density at radius 2 is 1.90 bits per heavy atom. The number of rotatable bonds is 3. The second kappa shape index (κ2) is 7.06. The summed E-state index contributed by atoms with van der Waals surface area (Å²) in [4.78, 5) is 27.9. The fourth-order valence-corrected chi connectivity index (χ4v) is 4.96. The van der Waals surface area contributed by atoms with Crippen molar-refractivity contribution in [2.75, 3.05) is 31.9 Å². The SMILES string of the molecule is CC(C)(C)N1CCN(C(=O)c2cc3c(N)nc(-c4ccc(C5CC5)o4)nc3s2)CC1. The molecule has 2 fully saturated rings. The van der Waals surface area contributed by atoms with E-state index < -0.39 is 0 Å². The number of carbonyl (C=O) groups is 1. The standard InChI is InChI=1S/C22H27N5O2S/c1-22(2,3)27-10-8-26(9-11-27)21(28)17-12-14-18(23)24-19(25-20(14)30-17)16-7-6-15(29-16)13-4-5-13/h6-7,12-13H,4-5,8-11H2,1-3H3,(H2,23,24,25). The third kappa shape index (κ3) is 3.58. The van der Waals surface area contributed by atoms with E-state index in [2.05, 4.69) is 35.6 Å². The fraction of sp³-hybridized carbons (Fsp3) is 0.500. The van der Waals surface area contributed by atoms with Gasteiger partial charge in [0.25, 0.3) is 5.91 Å². The van der Waals surface area contributed by atoms with Crippen molar-refractivity contribution in [2.45, 2.75) is 45.1 Å². The summed E-state index contributed by atoms with van der Waals surface area (Å²) < 4.78 is 5.93. The summed E-state index contributed by atoms with van der Waals surface area (Å²) in [6, 6.07) is 5.73. The highest BCUT2D eigenvalue weighted by Gasteiger charge is 2.30. The molecule has 7 nitrogen and oxygen atoms in total. The maximum atomic E-state index is 13.1. The van der Waals surface area contributed by atoms with Crippen molar-refractivity contribution in [2.24, 2.45) is 0 Å². The molecule has 0 bridgehead atoms. The number of amides is 1. The Labute approximate surface area is 179 Å². The minimum Gasteiger partial charge on any atom is -0.457 e. The minimum atomic E-state index is 0.0431. The highest BCUT2D eigenvalue weighted by molar-refractivity contribution is 7.20. The summed E-state index contributed by atoms with van der Waals surface area (Å²) in [7, 11) is 0. The van der Waals surface area contributed by atoms with E-state index in [1.807, 2.05) is 23.1 Å². The lowest BCUT2D eigenvalue weighted by Crippen LogP contribution is -2.54. The lowest BCUT2D eigenvalue weighted by Gasteiger charge is -2.42. The van der Waals surface area contributed by atoms with Gasteiger partial charge in [0.2, 0.25) is 0 Å². The number of carbonyl (C=O) groups excluding carboxylic acids is 1. The molecule has 4 heterocycles. The Morgan fingerprint density at radius 1 is 1.17 bits per heavy atom. The summed E-state index contributed by atoms with van der Waals surface area (Å²) in [5, 5.41) is 0.731. The molecule has 8 heteroatoms. The van der Waals surface area contributed by atoms with E-state index in [0.717, 1.165) is 42.2 Å². The molecular weight excluding hydrogens is 398 g/mol. The third-order valence-electron chi connectivity index (χ3n) is 5.98. The molecule has 30 heavy (non-hydrogen) atoms. The Hall–Kier alpha value is -2.45. The Morgan fingerprint density at radius 3 is 2.57 bits per heavy atom. The van der Waals surface area contributed by atoms with Crippen molar-refractivity contribution in [1.29, 1.82) is 0 Å². The van der Waals surface area contributed by atoms with Crippen LogP contribution in [0, 0.1) is 0 Å².